The number of hydrogen-bond acceptors (Lipinski definition) is 3. The molecule has 1 heterocycles. The van der Waals surface area contributed by atoms with Crippen LogP contribution in [0.3, 0.4) is 0 Å². The van der Waals surface area contributed by atoms with Gasteiger partial charge in [-0.1, -0.05) is 30.3 Å². The summed E-state index contributed by atoms with van der Waals surface area (Å²) in [5.74, 6) is -9.23. The van der Waals surface area contributed by atoms with Crippen molar-refractivity contribution in [2.75, 3.05) is 13.2 Å². The molecule has 0 atom stereocenters. The normalized spacial score (nSPS) is 17.0. The number of hydrogen-bond donors (Lipinski definition) is 0. The lowest BCUT2D eigenvalue weighted by molar-refractivity contribution is -0.206. The van der Waals surface area contributed by atoms with Gasteiger partial charge in [-0.15, -0.1) is 6.58 Å². The molecule has 0 aromatic heterocycles. The Morgan fingerprint density at radius 3 is 1.89 bits per heavy atom. The summed E-state index contributed by atoms with van der Waals surface area (Å²) in [4.78, 5) is 0. The summed E-state index contributed by atoms with van der Waals surface area (Å²) in [6, 6.07) is 11.3. The molecule has 0 bridgehead atoms. The van der Waals surface area contributed by atoms with Gasteiger partial charge in [0.1, 0.15) is 28.8 Å². The van der Waals surface area contributed by atoms with Crippen molar-refractivity contribution in [1.82, 2.24) is 0 Å². The van der Waals surface area contributed by atoms with Crippen molar-refractivity contribution in [2.45, 2.75) is 25.2 Å². The molecule has 4 aromatic rings. The highest BCUT2D eigenvalue weighted by Crippen LogP contribution is 2.39. The van der Waals surface area contributed by atoms with E-state index in [4.69, 9.17) is 9.47 Å². The first-order chi connectivity index (χ1) is 21.0. The van der Waals surface area contributed by atoms with Crippen LogP contribution in [0.15, 0.2) is 79.4 Å². The SMILES string of the molecule is C=CCCC1COC(c2cc(F)c(C(F)(F)Oc3ccc(-c4ccc(-c5cc(F)c(F)c(F)c5)cc4)c(F)c3)c(F)c2)OC1. The van der Waals surface area contributed by atoms with E-state index in [1.54, 1.807) is 6.08 Å². The molecule has 0 radical (unpaired) electrons. The number of benzene rings is 4. The van der Waals surface area contributed by atoms with E-state index in [0.717, 1.165) is 37.1 Å². The van der Waals surface area contributed by atoms with Gasteiger partial charge < -0.3 is 14.2 Å². The zero-order valence-electron chi connectivity index (χ0n) is 22.9. The van der Waals surface area contributed by atoms with Crippen molar-refractivity contribution in [3.05, 3.63) is 125 Å². The number of rotatable bonds is 9. The van der Waals surface area contributed by atoms with E-state index in [9.17, 15) is 35.1 Å². The highest BCUT2D eigenvalue weighted by Gasteiger charge is 2.42. The fraction of sp³-hybridized carbons (Fsp3) is 0.212. The molecular weight excluding hydrogens is 596 g/mol. The quantitative estimate of drug-likeness (QED) is 0.106. The molecule has 5 rings (SSSR count). The summed E-state index contributed by atoms with van der Waals surface area (Å²) in [7, 11) is 0. The maximum atomic E-state index is 15.0. The zero-order valence-corrected chi connectivity index (χ0v) is 22.9. The molecule has 1 aliphatic rings. The first-order valence-electron chi connectivity index (χ1n) is 13.4. The van der Waals surface area contributed by atoms with E-state index in [1.165, 1.54) is 24.3 Å². The summed E-state index contributed by atoms with van der Waals surface area (Å²) >= 11 is 0. The number of halogens is 8. The average molecular weight is 621 g/mol. The zero-order chi connectivity index (χ0) is 31.6. The van der Waals surface area contributed by atoms with Crippen LogP contribution < -0.4 is 4.74 Å². The molecule has 4 aromatic carbocycles. The third-order valence-corrected chi connectivity index (χ3v) is 7.07. The summed E-state index contributed by atoms with van der Waals surface area (Å²) < 4.78 is 131. The molecule has 44 heavy (non-hydrogen) atoms. The molecule has 0 amide bonds. The Labute approximate surface area is 247 Å². The third kappa shape index (κ3) is 6.63. The Bertz CT molecular complexity index is 1620. The van der Waals surface area contributed by atoms with Crippen LogP contribution in [0, 0.1) is 40.8 Å². The van der Waals surface area contributed by atoms with Gasteiger partial charge in [0, 0.05) is 23.1 Å². The average Bonchev–Trinajstić information content (AvgIpc) is 2.98. The number of alkyl halides is 2. The molecule has 1 aliphatic heterocycles. The number of allylic oxidation sites excluding steroid dienone is 1. The van der Waals surface area contributed by atoms with Crippen molar-refractivity contribution < 1.29 is 49.3 Å². The summed E-state index contributed by atoms with van der Waals surface area (Å²) in [5, 5.41) is 0. The second-order valence-corrected chi connectivity index (χ2v) is 10.2. The second kappa shape index (κ2) is 12.8. The van der Waals surface area contributed by atoms with Gasteiger partial charge in [-0.2, -0.15) is 8.78 Å². The first-order valence-corrected chi connectivity index (χ1v) is 13.4. The Morgan fingerprint density at radius 2 is 1.32 bits per heavy atom. The van der Waals surface area contributed by atoms with Gasteiger partial charge in [0.15, 0.2) is 23.7 Å². The van der Waals surface area contributed by atoms with E-state index in [2.05, 4.69) is 11.3 Å². The largest absolute Gasteiger partial charge is 0.432 e. The van der Waals surface area contributed by atoms with Crippen molar-refractivity contribution in [1.29, 1.82) is 0 Å². The van der Waals surface area contributed by atoms with Crippen molar-refractivity contribution in [2.24, 2.45) is 5.92 Å². The molecule has 11 heteroatoms. The van der Waals surface area contributed by atoms with Gasteiger partial charge in [0.05, 0.1) is 13.2 Å². The van der Waals surface area contributed by atoms with Crippen LogP contribution in [0.5, 0.6) is 5.75 Å². The van der Waals surface area contributed by atoms with Crippen LogP contribution in [0.2, 0.25) is 0 Å². The predicted octanol–water partition coefficient (Wildman–Crippen LogP) is 9.61. The molecule has 1 saturated heterocycles. The smallest absolute Gasteiger partial charge is 0.429 e. The van der Waals surface area contributed by atoms with Gasteiger partial charge in [-0.3, -0.25) is 0 Å². The van der Waals surface area contributed by atoms with Crippen LogP contribution in [-0.2, 0) is 15.6 Å². The molecule has 0 saturated carbocycles. The highest BCUT2D eigenvalue weighted by molar-refractivity contribution is 5.71. The van der Waals surface area contributed by atoms with E-state index in [1.807, 2.05) is 0 Å². The number of ether oxygens (including phenoxy) is 3. The van der Waals surface area contributed by atoms with E-state index < -0.39 is 58.6 Å². The van der Waals surface area contributed by atoms with Crippen molar-refractivity contribution >= 4 is 0 Å². The van der Waals surface area contributed by atoms with Crippen molar-refractivity contribution in [3.63, 3.8) is 0 Å². The summed E-state index contributed by atoms with van der Waals surface area (Å²) in [5.41, 5.74) is -1.24. The Hall–Kier alpha value is -4.22. The van der Waals surface area contributed by atoms with Crippen LogP contribution in [0.4, 0.5) is 35.1 Å². The lowest BCUT2D eigenvalue weighted by atomic mass is 9.99. The van der Waals surface area contributed by atoms with E-state index in [0.29, 0.717) is 23.8 Å². The highest BCUT2D eigenvalue weighted by atomic mass is 19.3. The maximum Gasteiger partial charge on any atom is 0.432 e. The van der Waals surface area contributed by atoms with Crippen LogP contribution in [0.25, 0.3) is 22.3 Å². The van der Waals surface area contributed by atoms with Crippen LogP contribution >= 0.6 is 0 Å². The Kier molecular flexibility index (Phi) is 9.07. The minimum Gasteiger partial charge on any atom is -0.429 e. The van der Waals surface area contributed by atoms with Gasteiger partial charge in [-0.05, 0) is 65.9 Å². The first kappa shape index (κ1) is 31.2. The molecule has 0 aliphatic carbocycles. The molecular formula is C33H24F8O3. The standard InChI is InChI=1S/C33H24F8O3/c1-2-3-4-18-16-42-32(43-17-18)22-13-26(35)30(27(36)14-22)33(40,41)44-23-9-10-24(25(34)15-23)20-7-5-19(6-8-20)21-11-28(37)31(39)29(38)12-21/h2,5-15,18,32H,1,3-4,16-17H2. The van der Waals surface area contributed by atoms with Crippen LogP contribution in [-0.4, -0.2) is 13.2 Å². The lowest BCUT2D eigenvalue weighted by Gasteiger charge is -2.30. The van der Waals surface area contributed by atoms with E-state index >= 15 is 0 Å². The van der Waals surface area contributed by atoms with Gasteiger partial charge in [-0.25, -0.2) is 26.3 Å². The summed E-state index contributed by atoms with van der Waals surface area (Å²) in [6.07, 6.45) is -2.44. The minimum atomic E-state index is -4.52. The maximum absolute atomic E-state index is 15.0. The Balaban J connectivity index is 1.30. The van der Waals surface area contributed by atoms with Gasteiger partial charge in [0.25, 0.3) is 0 Å². The molecule has 0 unspecified atom stereocenters. The van der Waals surface area contributed by atoms with Crippen LogP contribution in [0.1, 0.15) is 30.3 Å². The molecule has 0 spiro atoms. The van der Waals surface area contributed by atoms with E-state index in [-0.39, 0.29) is 41.4 Å². The molecule has 1 fully saturated rings. The monoisotopic (exact) mass is 620 g/mol. The fourth-order valence-corrected chi connectivity index (χ4v) is 4.82. The molecule has 0 N–H and O–H groups in total. The minimum absolute atomic E-state index is 0.0404. The fourth-order valence-electron chi connectivity index (χ4n) is 4.82. The predicted molar refractivity (Wildman–Crippen MR) is 146 cm³/mol. The second-order valence-electron chi connectivity index (χ2n) is 10.2. The topological polar surface area (TPSA) is 27.7 Å². The lowest BCUT2D eigenvalue weighted by Crippen LogP contribution is -2.28. The summed E-state index contributed by atoms with van der Waals surface area (Å²) in [6.45, 7) is 4.14. The molecule has 230 valence electrons. The Morgan fingerprint density at radius 1 is 0.727 bits per heavy atom. The van der Waals surface area contributed by atoms with Crippen molar-refractivity contribution in [3.8, 4) is 28.0 Å². The third-order valence-electron chi connectivity index (χ3n) is 7.07. The van der Waals surface area contributed by atoms with Gasteiger partial charge in [0.2, 0.25) is 0 Å². The van der Waals surface area contributed by atoms with Gasteiger partial charge >= 0.3 is 6.11 Å². The molecule has 3 nitrogen and oxygen atoms in total.